The number of fused-ring (bicyclic) bond motifs is 2. The second-order valence-electron chi connectivity index (χ2n) is 36.9. The number of aromatic amines is 2. The Hall–Kier alpha value is -14.8. The van der Waals surface area contributed by atoms with Crippen molar-refractivity contribution in [3.05, 3.63) is 108 Å². The van der Waals surface area contributed by atoms with E-state index in [4.69, 9.17) is 67.8 Å². The number of guanidine groups is 3. The van der Waals surface area contributed by atoms with Gasteiger partial charge in [-0.2, -0.15) is 11.8 Å². The lowest BCUT2D eigenvalue weighted by Crippen LogP contribution is -2.62. The molecule has 2 heterocycles. The van der Waals surface area contributed by atoms with Crippen LogP contribution in [0.4, 0.5) is 0 Å². The highest BCUT2D eigenvalue weighted by molar-refractivity contribution is 7.98. The Bertz CT molecular complexity index is 5320. The molecular weight excluding hydrogens is 1960 g/mol. The van der Waals surface area contributed by atoms with Crippen molar-refractivity contribution in [2.75, 3.05) is 51.3 Å². The maximum absolute atomic E-state index is 15.6. The Morgan fingerprint density at radius 2 is 0.647 bits per heavy atom. The molecule has 0 radical (unpaired) electrons. The third-order valence-corrected chi connectivity index (χ3v) is 25.8. The summed E-state index contributed by atoms with van der Waals surface area (Å²) in [5.74, 6) is -21.2. The Kier molecular flexibility index (Phi) is 56.3. The number of thioether (sulfide) groups is 1. The number of benzene rings is 3. The molecule has 17 atom stereocenters. The summed E-state index contributed by atoms with van der Waals surface area (Å²) >= 11 is 1.28. The van der Waals surface area contributed by atoms with Crippen LogP contribution in [-0.2, 0) is 106 Å². The number of rotatable bonds is 74. The van der Waals surface area contributed by atoms with Gasteiger partial charge in [0.2, 0.25) is 94.5 Å². The topological polar surface area (TPSA) is 890 Å². The normalized spacial score (nSPS) is 14.6. The van der Waals surface area contributed by atoms with Crippen molar-refractivity contribution >= 4 is 158 Å². The number of hydrogen-bond acceptors (Lipinski definition) is 26. The van der Waals surface area contributed by atoms with Gasteiger partial charge in [-0.1, -0.05) is 107 Å². The average Bonchev–Trinajstić information content (AvgIpc) is 1.68. The molecule has 0 aliphatic rings. The van der Waals surface area contributed by atoms with Crippen LogP contribution in [0, 0.1) is 28.1 Å². The summed E-state index contributed by atoms with van der Waals surface area (Å²) in [5.41, 5.74) is 54.3. The molecule has 42 N–H and O–H groups in total. The number of carboxylic acids is 2. The van der Waals surface area contributed by atoms with Gasteiger partial charge >= 0.3 is 11.9 Å². The number of unbranched alkanes of at least 4 members (excludes halogenated alkanes) is 3. The number of aromatic nitrogens is 2. The summed E-state index contributed by atoms with van der Waals surface area (Å²) in [4.78, 5) is 264. The minimum absolute atomic E-state index is 0.0140. The van der Waals surface area contributed by atoms with Crippen LogP contribution in [0.5, 0.6) is 0 Å². The first-order chi connectivity index (χ1) is 71.5. The molecule has 0 spiro atoms. The van der Waals surface area contributed by atoms with Crippen molar-refractivity contribution < 1.29 is 96.5 Å². The molecule has 0 aliphatic carbocycles. The van der Waals surface area contributed by atoms with Crippen LogP contribution in [0.25, 0.3) is 21.8 Å². The summed E-state index contributed by atoms with van der Waals surface area (Å²) in [6.45, 7) is 7.38. The Morgan fingerprint density at radius 1 is 0.340 bits per heavy atom. The maximum atomic E-state index is 15.6. The lowest BCUT2D eigenvalue weighted by atomic mass is 9.95. The van der Waals surface area contributed by atoms with Crippen molar-refractivity contribution in [2.24, 2.45) is 63.4 Å². The fraction of sp³-hybridized carbons (Fsp3) is 0.561. The third kappa shape index (κ3) is 45.1. The van der Waals surface area contributed by atoms with E-state index < -0.39 is 240 Å². The van der Waals surface area contributed by atoms with E-state index in [1.165, 1.54) is 11.8 Å². The van der Waals surface area contributed by atoms with Gasteiger partial charge in [0.25, 0.3) is 0 Å². The molecule has 52 heteroatoms. The molecule has 0 bridgehead atoms. The monoisotopic (exact) mass is 2120 g/mol. The number of hydrogen-bond donors (Lipinski definition) is 33. The van der Waals surface area contributed by atoms with E-state index in [9.17, 15) is 63.0 Å². The summed E-state index contributed by atoms with van der Waals surface area (Å²) in [6.07, 6.45) is 2.78. The van der Waals surface area contributed by atoms with Gasteiger partial charge in [-0.15, -0.1) is 0 Å². The van der Waals surface area contributed by atoms with Crippen molar-refractivity contribution in [3.63, 3.8) is 0 Å². The molecular formula is C98H155N31O20S. The minimum atomic E-state index is -2.07. The largest absolute Gasteiger partial charge is 0.481 e. The number of carboxylic acid groups (broad SMARTS) is 2. The van der Waals surface area contributed by atoms with Crippen LogP contribution in [-0.4, -0.2) is 286 Å². The molecule has 828 valence electrons. The highest BCUT2D eigenvalue weighted by Crippen LogP contribution is 2.24. The second kappa shape index (κ2) is 67.2. The van der Waals surface area contributed by atoms with E-state index in [1.54, 1.807) is 125 Å². The first kappa shape index (κ1) is 126. The Labute approximate surface area is 874 Å². The molecule has 0 unspecified atom stereocenters. The third-order valence-electron chi connectivity index (χ3n) is 25.1. The smallest absolute Gasteiger partial charge is 0.326 e. The lowest BCUT2D eigenvalue weighted by Gasteiger charge is -2.31. The second-order valence-corrected chi connectivity index (χ2v) is 37.9. The van der Waals surface area contributed by atoms with Gasteiger partial charge in [-0.3, -0.25) is 97.7 Å². The van der Waals surface area contributed by atoms with E-state index in [1.807, 2.05) is 0 Å². The maximum Gasteiger partial charge on any atom is 0.326 e. The first-order valence-corrected chi connectivity index (χ1v) is 51.8. The molecule has 3 aromatic carbocycles. The molecule has 150 heavy (non-hydrogen) atoms. The molecule has 16 amide bonds. The Morgan fingerprint density at radius 3 is 1.02 bits per heavy atom. The Balaban J connectivity index is 1.49. The highest BCUT2D eigenvalue weighted by atomic mass is 32.2. The summed E-state index contributed by atoms with van der Waals surface area (Å²) in [6, 6.07) is -1.27. The number of nitrogens with one attached hydrogen (secondary N) is 22. The van der Waals surface area contributed by atoms with Gasteiger partial charge in [0.1, 0.15) is 84.6 Å². The fourth-order valence-corrected chi connectivity index (χ4v) is 16.7. The van der Waals surface area contributed by atoms with Crippen LogP contribution in [0.2, 0.25) is 0 Å². The zero-order chi connectivity index (χ0) is 111. The molecule has 0 saturated heterocycles. The van der Waals surface area contributed by atoms with Crippen molar-refractivity contribution in [2.45, 2.75) is 285 Å². The molecule has 5 aromatic rings. The average molecular weight is 2120 g/mol. The van der Waals surface area contributed by atoms with E-state index >= 15 is 33.6 Å². The van der Waals surface area contributed by atoms with Gasteiger partial charge < -0.3 is 162 Å². The van der Waals surface area contributed by atoms with Crippen LogP contribution < -0.4 is 142 Å². The molecule has 0 fully saturated rings. The zero-order valence-electron chi connectivity index (χ0n) is 85.7. The van der Waals surface area contributed by atoms with Crippen molar-refractivity contribution in [1.82, 2.24) is 100 Å². The van der Waals surface area contributed by atoms with E-state index in [-0.39, 0.29) is 167 Å². The number of H-pyrrole nitrogens is 2. The number of primary amides is 2. The number of carbonyl (C=O) groups is 18. The molecule has 0 saturated carbocycles. The summed E-state index contributed by atoms with van der Waals surface area (Å²) < 4.78 is 0. The van der Waals surface area contributed by atoms with E-state index in [0.717, 1.165) is 0 Å². The van der Waals surface area contributed by atoms with Gasteiger partial charge in [-0.25, -0.2) is 4.79 Å². The van der Waals surface area contributed by atoms with E-state index in [0.29, 0.717) is 70.6 Å². The molecule has 5 rings (SSSR count). The summed E-state index contributed by atoms with van der Waals surface area (Å²) in [7, 11) is 0. The predicted molar refractivity (Wildman–Crippen MR) is 564 cm³/mol. The number of carbonyl (C=O) groups excluding carboxylic acids is 16. The first-order valence-electron chi connectivity index (χ1n) is 50.5. The zero-order valence-corrected chi connectivity index (χ0v) is 86.5. The lowest BCUT2D eigenvalue weighted by molar-refractivity contribution is -0.142. The van der Waals surface area contributed by atoms with Gasteiger partial charge in [-0.05, 0) is 188 Å². The number of para-hydroxylation sites is 2. The quantitative estimate of drug-likeness (QED) is 0.00999. The van der Waals surface area contributed by atoms with Crippen molar-refractivity contribution in [1.29, 1.82) is 16.2 Å². The van der Waals surface area contributed by atoms with Crippen LogP contribution in [0.15, 0.2) is 91.3 Å². The molecule has 2 aromatic heterocycles. The summed E-state index contributed by atoms with van der Waals surface area (Å²) in [5, 5.41) is 89.4. The van der Waals surface area contributed by atoms with Gasteiger partial charge in [0.15, 0.2) is 17.9 Å². The van der Waals surface area contributed by atoms with Gasteiger partial charge in [0, 0.05) is 85.9 Å². The number of amides is 16. The van der Waals surface area contributed by atoms with Crippen molar-refractivity contribution in [3.8, 4) is 0 Å². The van der Waals surface area contributed by atoms with Crippen LogP contribution in [0.1, 0.15) is 192 Å². The standard InChI is InChI=1S/C98H155N31O20S/c1-6-54(3)79(129-88(141)68(36-38-76(103)130)116-81(134)61(102)28-21-44-111-96(105)106)93(146)122-65(32-16-19-42-100)87(140)128-80(55(4)7-2)94(147)127-74(50-58-53-115-63-30-14-12-27-60(58)63)91(144)124-72(48-56-24-9-8-10-25-56)89(142)120-69(37-39-78(132)133)85(138)126-75(51-77(104)131)92(145)119-67(35-23-46-113-98(109)110)82(135)118-66(34-22-45-112-97(107)108)83(136)121-70(40-47-150-5)86(139)117-64(31-15-18-41-99)84(137)125-73(49-57-52-114-62-29-13-11-26-59(57)62)90(143)123-71(95(148)149)33-17-20-43-101/h8-14,24-27,29-30,52-55,61,64-75,79-80,114-115H,6-7,15-23,28,31-51,99-102H2,1-5H3,(H2,103,130)(H2,104,131)(H,116,134)(H,117,139)(H,118,135)(H,119,145)(H,120,142)(H,121,136)(H,122,146)(H,123,143)(H,124,144)(H,125,137)(H,126,138)(H,127,147)(H,128,140)(H,129,141)(H,132,133)(H,148,149)(H4,105,106,111)(H4,107,108,112)(H4,109,110,113)/t54-,55-,61-,64-,65-,66-,67-,68-,69-,70-,71-,72-,73-,74-,75-,79-,80-/m0/s1. The van der Waals surface area contributed by atoms with Gasteiger partial charge in [0.05, 0.1) is 12.5 Å². The fourth-order valence-electron chi connectivity index (χ4n) is 16.2. The molecule has 0 aliphatic heterocycles. The van der Waals surface area contributed by atoms with E-state index in [2.05, 4.69) is 100 Å². The highest BCUT2D eigenvalue weighted by Gasteiger charge is 2.41. The van der Waals surface area contributed by atoms with Crippen LogP contribution in [0.3, 0.4) is 0 Å². The minimum Gasteiger partial charge on any atom is -0.481 e. The number of nitrogens with two attached hydrogens (primary N) is 9. The predicted octanol–water partition coefficient (Wildman–Crippen LogP) is -4.10. The van der Waals surface area contributed by atoms with Crippen LogP contribution >= 0.6 is 11.8 Å². The number of aliphatic carboxylic acids is 2. The molecule has 51 nitrogen and oxygen atoms in total. The SMILES string of the molecule is CC[C@H](C)[C@H](NC(=O)[C@H](CCCCN)NC(=O)[C@@H](NC(=O)[C@H](CCC(N)=O)NC(=O)[C@@H](N)CCCNC(=N)N)[C@@H](C)CC)C(=O)N[C@@H](Cc1c[nH]c2ccccc12)C(=O)N[C@@H](Cc1ccccc1)C(=O)N[C@@H](CCC(=O)O)C(=O)N[C@@H](CC(N)=O)C(=O)N[C@@H](CCCNC(=N)N)C(=O)N[C@@H](CCCNC(=N)N)C(=O)N[C@@H](CCSC)C(=O)N[C@@H](CCCCN)C(=O)N[C@@H](Cc1c[nH]c2ccccc12)C(=O)N[C@@H](CCCCN)C(=O)O.